The van der Waals surface area contributed by atoms with Gasteiger partial charge in [0, 0.05) is 13.0 Å². The van der Waals surface area contributed by atoms with Crippen molar-refractivity contribution in [3.05, 3.63) is 24.3 Å². The van der Waals surface area contributed by atoms with Gasteiger partial charge in [-0.15, -0.1) is 0 Å². The van der Waals surface area contributed by atoms with E-state index in [1.165, 1.54) is 205 Å². The minimum absolute atomic E-state index is 0.0273. The summed E-state index contributed by atoms with van der Waals surface area (Å²) in [5.74, 6) is -0.331. The van der Waals surface area contributed by atoms with E-state index >= 15 is 0 Å². The van der Waals surface area contributed by atoms with Gasteiger partial charge in [-0.2, -0.15) is 0 Å². The van der Waals surface area contributed by atoms with Crippen LogP contribution in [0.5, 0.6) is 0 Å². The number of likely N-dealkylation sites (N-methyl/N-ethyl adjacent to an activating group) is 1. The Labute approximate surface area is 392 Å². The summed E-state index contributed by atoms with van der Waals surface area (Å²) < 4.78 is 34.8. The highest BCUT2D eigenvalue weighted by molar-refractivity contribution is 7.45. The van der Waals surface area contributed by atoms with Crippen LogP contribution in [0.1, 0.15) is 258 Å². The molecule has 0 rings (SSSR count). The molecule has 8 nitrogen and oxygen atoms in total. The standard InChI is InChI=1S/C54H106NO7P/c1-6-8-10-12-14-16-18-20-22-24-26-27-28-29-30-31-33-35-37-39-41-43-45-47-54(56)62-53(52-61-63(57,58)60-50-48-55(3,4)5)51-59-49-46-44-42-40-38-36-34-32-25-23-21-19-17-15-13-11-9-7-2/h21,23-24,26,53H,6-20,22,25,27-52H2,1-5H3/b23-21-,26-24-. The van der Waals surface area contributed by atoms with E-state index in [0.29, 0.717) is 24.1 Å². The third-order valence-corrected chi connectivity index (χ3v) is 12.9. The highest BCUT2D eigenvalue weighted by atomic mass is 31.2. The van der Waals surface area contributed by atoms with Crippen molar-refractivity contribution in [3.63, 3.8) is 0 Å². The summed E-state index contributed by atoms with van der Waals surface area (Å²) in [6.45, 7) is 5.45. The van der Waals surface area contributed by atoms with Crippen LogP contribution in [-0.2, 0) is 27.9 Å². The fourth-order valence-corrected chi connectivity index (χ4v) is 8.50. The molecule has 0 aliphatic heterocycles. The number of esters is 1. The zero-order chi connectivity index (χ0) is 46.2. The van der Waals surface area contributed by atoms with E-state index in [4.69, 9.17) is 18.5 Å². The van der Waals surface area contributed by atoms with Crippen molar-refractivity contribution in [2.75, 3.05) is 54.1 Å². The first kappa shape index (κ1) is 62.0. The molecule has 0 radical (unpaired) electrons. The smallest absolute Gasteiger partial charge is 0.306 e. The summed E-state index contributed by atoms with van der Waals surface area (Å²) in [5, 5.41) is 0. The Kier molecular flexibility index (Phi) is 46.7. The van der Waals surface area contributed by atoms with Crippen LogP contribution in [0.2, 0.25) is 0 Å². The number of nitrogens with zero attached hydrogens (tertiary/aromatic N) is 1. The van der Waals surface area contributed by atoms with Gasteiger partial charge in [-0.1, -0.05) is 212 Å². The number of unbranched alkanes of at least 4 members (excludes halogenated alkanes) is 33. The van der Waals surface area contributed by atoms with Gasteiger partial charge in [0.05, 0.1) is 34.4 Å². The van der Waals surface area contributed by atoms with Gasteiger partial charge in [0.15, 0.2) is 0 Å². The highest BCUT2D eigenvalue weighted by Crippen LogP contribution is 2.38. The third-order valence-electron chi connectivity index (χ3n) is 12.0. The topological polar surface area (TPSA) is 94.1 Å². The fraction of sp³-hybridized carbons (Fsp3) is 0.907. The number of hydrogen-bond donors (Lipinski definition) is 0. The van der Waals surface area contributed by atoms with Crippen molar-refractivity contribution in [2.24, 2.45) is 0 Å². The van der Waals surface area contributed by atoms with Crippen molar-refractivity contribution in [1.82, 2.24) is 0 Å². The Bertz CT molecular complexity index is 1060. The minimum atomic E-state index is -4.53. The predicted octanol–water partition coefficient (Wildman–Crippen LogP) is 16.1. The zero-order valence-electron chi connectivity index (χ0n) is 42.5. The summed E-state index contributed by atoms with van der Waals surface area (Å²) >= 11 is 0. The molecule has 0 amide bonds. The van der Waals surface area contributed by atoms with Crippen LogP contribution in [0.3, 0.4) is 0 Å². The molecule has 0 heterocycles. The number of hydrogen-bond acceptors (Lipinski definition) is 7. The van der Waals surface area contributed by atoms with E-state index in [0.717, 1.165) is 32.1 Å². The van der Waals surface area contributed by atoms with E-state index in [2.05, 4.69) is 38.2 Å². The fourth-order valence-electron chi connectivity index (χ4n) is 7.77. The molecule has 0 aliphatic carbocycles. The van der Waals surface area contributed by atoms with Crippen LogP contribution in [0.15, 0.2) is 24.3 Å². The maximum Gasteiger partial charge on any atom is 0.306 e. The molecule has 0 saturated heterocycles. The third kappa shape index (κ3) is 51.8. The first-order chi connectivity index (χ1) is 30.6. The molecular weight excluding hydrogens is 806 g/mol. The molecule has 0 aromatic carbocycles. The molecule has 374 valence electrons. The number of phosphoric ester groups is 1. The Hall–Kier alpha value is -1.02. The zero-order valence-corrected chi connectivity index (χ0v) is 43.4. The normalized spacial score (nSPS) is 13.7. The second kappa shape index (κ2) is 47.5. The second-order valence-electron chi connectivity index (χ2n) is 19.6. The second-order valence-corrected chi connectivity index (χ2v) is 21.0. The molecule has 0 aromatic rings. The van der Waals surface area contributed by atoms with Gasteiger partial charge >= 0.3 is 5.97 Å². The predicted molar refractivity (Wildman–Crippen MR) is 268 cm³/mol. The van der Waals surface area contributed by atoms with Gasteiger partial charge in [-0.25, -0.2) is 0 Å². The van der Waals surface area contributed by atoms with Gasteiger partial charge < -0.3 is 27.9 Å². The number of phosphoric acid groups is 1. The van der Waals surface area contributed by atoms with Crippen molar-refractivity contribution >= 4 is 13.8 Å². The molecule has 0 spiro atoms. The van der Waals surface area contributed by atoms with Crippen LogP contribution < -0.4 is 4.89 Å². The average Bonchev–Trinajstić information content (AvgIpc) is 3.24. The summed E-state index contributed by atoms with van der Waals surface area (Å²) in [6.07, 6.45) is 56.3. The lowest BCUT2D eigenvalue weighted by molar-refractivity contribution is -0.870. The van der Waals surface area contributed by atoms with Gasteiger partial charge in [0.1, 0.15) is 19.3 Å². The lowest BCUT2D eigenvalue weighted by Gasteiger charge is -2.28. The molecule has 0 fully saturated rings. The lowest BCUT2D eigenvalue weighted by Crippen LogP contribution is -2.37. The molecule has 0 bridgehead atoms. The van der Waals surface area contributed by atoms with Crippen molar-refractivity contribution in [2.45, 2.75) is 264 Å². The molecule has 0 saturated carbocycles. The number of carbonyl (C=O) groups is 1. The van der Waals surface area contributed by atoms with Crippen molar-refractivity contribution in [1.29, 1.82) is 0 Å². The number of rotatable bonds is 51. The van der Waals surface area contributed by atoms with Gasteiger partial charge in [0.25, 0.3) is 7.82 Å². The van der Waals surface area contributed by atoms with E-state index in [-0.39, 0.29) is 25.8 Å². The van der Waals surface area contributed by atoms with Crippen LogP contribution in [0.4, 0.5) is 0 Å². The van der Waals surface area contributed by atoms with E-state index < -0.39 is 13.9 Å². The SMILES string of the molecule is CCCCCCCC/C=C\CCCCCCCCCCOCC(COP(=O)([O-])OCC[N+](C)(C)C)OC(=O)CCCCCCCCCCCCC/C=C\CCCCCCCCCC. The van der Waals surface area contributed by atoms with E-state index in [9.17, 15) is 14.3 Å². The number of ether oxygens (including phenoxy) is 2. The molecule has 63 heavy (non-hydrogen) atoms. The van der Waals surface area contributed by atoms with Crippen LogP contribution in [0, 0.1) is 0 Å². The van der Waals surface area contributed by atoms with Crippen LogP contribution in [-0.4, -0.2) is 70.7 Å². The number of quaternary nitrogens is 1. The summed E-state index contributed by atoms with van der Waals surface area (Å²) in [5.41, 5.74) is 0. The number of carbonyl (C=O) groups excluding carboxylic acids is 1. The minimum Gasteiger partial charge on any atom is -0.756 e. The van der Waals surface area contributed by atoms with Crippen LogP contribution >= 0.6 is 7.82 Å². The first-order valence-corrected chi connectivity index (χ1v) is 28.5. The Morgan fingerprint density at radius 1 is 0.476 bits per heavy atom. The number of allylic oxidation sites excluding steroid dienone is 4. The first-order valence-electron chi connectivity index (χ1n) is 27.1. The Morgan fingerprint density at radius 2 is 0.825 bits per heavy atom. The van der Waals surface area contributed by atoms with Crippen molar-refractivity contribution in [3.8, 4) is 0 Å². The molecule has 0 aliphatic rings. The lowest BCUT2D eigenvalue weighted by atomic mass is 10.0. The Morgan fingerprint density at radius 3 is 1.21 bits per heavy atom. The average molecular weight is 912 g/mol. The van der Waals surface area contributed by atoms with Crippen molar-refractivity contribution < 1.29 is 37.3 Å². The summed E-state index contributed by atoms with van der Waals surface area (Å²) in [7, 11) is 1.37. The summed E-state index contributed by atoms with van der Waals surface area (Å²) in [4.78, 5) is 25.2. The molecule has 9 heteroatoms. The van der Waals surface area contributed by atoms with Gasteiger partial charge in [-0.3, -0.25) is 9.36 Å². The van der Waals surface area contributed by atoms with E-state index in [1.54, 1.807) is 0 Å². The largest absolute Gasteiger partial charge is 0.756 e. The van der Waals surface area contributed by atoms with Gasteiger partial charge in [-0.05, 0) is 64.2 Å². The molecular formula is C54H106NO7P. The van der Waals surface area contributed by atoms with Gasteiger partial charge in [0.2, 0.25) is 0 Å². The van der Waals surface area contributed by atoms with E-state index in [1.807, 2.05) is 21.1 Å². The Balaban J connectivity index is 4.09. The molecule has 2 unspecified atom stereocenters. The molecule has 2 atom stereocenters. The maximum atomic E-state index is 12.8. The quantitative estimate of drug-likeness (QED) is 0.0197. The molecule has 0 N–H and O–H groups in total. The monoisotopic (exact) mass is 912 g/mol. The summed E-state index contributed by atoms with van der Waals surface area (Å²) in [6, 6.07) is 0. The highest BCUT2D eigenvalue weighted by Gasteiger charge is 2.20. The maximum absolute atomic E-state index is 12.8. The molecule has 0 aromatic heterocycles. The van der Waals surface area contributed by atoms with Crippen LogP contribution in [0.25, 0.3) is 0 Å².